The summed E-state index contributed by atoms with van der Waals surface area (Å²) in [7, 11) is 0. The van der Waals surface area contributed by atoms with E-state index in [-0.39, 0.29) is 12.5 Å². The van der Waals surface area contributed by atoms with Crippen molar-refractivity contribution >= 4 is 23.5 Å². The first-order chi connectivity index (χ1) is 12.9. The predicted octanol–water partition coefficient (Wildman–Crippen LogP) is 2.91. The minimum absolute atomic E-state index is 0.304. The van der Waals surface area contributed by atoms with Gasteiger partial charge >= 0.3 is 6.03 Å². The fourth-order valence-electron chi connectivity index (χ4n) is 3.03. The molecule has 4 amide bonds. The van der Waals surface area contributed by atoms with Crippen LogP contribution in [0.4, 0.5) is 10.5 Å². The summed E-state index contributed by atoms with van der Waals surface area (Å²) in [5.41, 5.74) is 2.71. The van der Waals surface area contributed by atoms with E-state index < -0.39 is 18.0 Å². The number of imide groups is 1. The molecule has 6 heteroatoms. The van der Waals surface area contributed by atoms with Gasteiger partial charge in [0.15, 0.2) is 0 Å². The van der Waals surface area contributed by atoms with Crippen molar-refractivity contribution in [2.75, 3.05) is 11.9 Å². The normalized spacial score (nSPS) is 16.6. The van der Waals surface area contributed by atoms with Gasteiger partial charge < -0.3 is 10.6 Å². The lowest BCUT2D eigenvalue weighted by Gasteiger charge is -2.14. The number of anilines is 1. The molecule has 2 aromatic rings. The van der Waals surface area contributed by atoms with E-state index in [1.54, 1.807) is 6.07 Å². The molecule has 1 atom stereocenters. The van der Waals surface area contributed by atoms with Gasteiger partial charge in [0, 0.05) is 12.1 Å². The number of hydrogen-bond acceptors (Lipinski definition) is 3. The molecule has 0 aliphatic carbocycles. The Labute approximate surface area is 158 Å². The highest BCUT2D eigenvalue weighted by atomic mass is 16.2. The van der Waals surface area contributed by atoms with Gasteiger partial charge in [-0.3, -0.25) is 14.5 Å². The summed E-state index contributed by atoms with van der Waals surface area (Å²) in [5, 5.41) is 5.41. The molecular weight excluding hydrogens is 342 g/mol. The molecule has 1 heterocycles. The van der Waals surface area contributed by atoms with Crippen molar-refractivity contribution in [2.24, 2.45) is 0 Å². The standard InChI is InChI=1S/C21H23N3O3/c1-14(2)16-9-6-10-17(12-16)22-19(25)13-24-20(26)18(23-21(24)27)11-15-7-4-3-5-8-15/h3-10,12,14,18H,11,13H2,1-2H3,(H,22,25)(H,23,27). The zero-order valence-corrected chi connectivity index (χ0v) is 15.4. The number of nitrogens with zero attached hydrogens (tertiary/aromatic N) is 1. The molecule has 1 aliphatic rings. The van der Waals surface area contributed by atoms with Gasteiger partial charge in [0.1, 0.15) is 12.6 Å². The lowest BCUT2D eigenvalue weighted by molar-refractivity contribution is -0.130. The zero-order chi connectivity index (χ0) is 19.4. The Bertz CT molecular complexity index is 849. The first-order valence-electron chi connectivity index (χ1n) is 8.99. The van der Waals surface area contributed by atoms with Crippen LogP contribution in [0.1, 0.15) is 30.9 Å². The first kappa shape index (κ1) is 18.6. The van der Waals surface area contributed by atoms with Gasteiger partial charge in [-0.1, -0.05) is 56.3 Å². The third-order valence-corrected chi connectivity index (χ3v) is 4.53. The fraction of sp³-hybridized carbons (Fsp3) is 0.286. The monoisotopic (exact) mass is 365 g/mol. The highest BCUT2D eigenvalue weighted by Gasteiger charge is 2.38. The first-order valence-corrected chi connectivity index (χ1v) is 8.99. The van der Waals surface area contributed by atoms with Gasteiger partial charge in [0.25, 0.3) is 5.91 Å². The molecule has 1 aliphatic heterocycles. The molecule has 0 spiro atoms. The predicted molar refractivity (Wildman–Crippen MR) is 103 cm³/mol. The highest BCUT2D eigenvalue weighted by Crippen LogP contribution is 2.19. The SMILES string of the molecule is CC(C)c1cccc(NC(=O)CN2C(=O)NC(Cc3ccccc3)C2=O)c1. The second kappa shape index (κ2) is 8.03. The van der Waals surface area contributed by atoms with Crippen LogP contribution in [0.2, 0.25) is 0 Å². The minimum atomic E-state index is -0.642. The smallest absolute Gasteiger partial charge is 0.325 e. The van der Waals surface area contributed by atoms with Crippen molar-refractivity contribution < 1.29 is 14.4 Å². The second-order valence-corrected chi connectivity index (χ2v) is 6.94. The number of urea groups is 1. The summed E-state index contributed by atoms with van der Waals surface area (Å²) in [6.07, 6.45) is 0.403. The number of amides is 4. The summed E-state index contributed by atoms with van der Waals surface area (Å²) in [6.45, 7) is 3.84. The number of carbonyl (C=O) groups is 3. The third-order valence-electron chi connectivity index (χ3n) is 4.53. The Morgan fingerprint density at radius 1 is 1.11 bits per heavy atom. The van der Waals surface area contributed by atoms with E-state index in [2.05, 4.69) is 24.5 Å². The van der Waals surface area contributed by atoms with Gasteiger partial charge in [-0.25, -0.2) is 4.79 Å². The third kappa shape index (κ3) is 4.53. The Hall–Kier alpha value is -3.15. The average Bonchev–Trinajstić information content (AvgIpc) is 2.90. The molecule has 0 radical (unpaired) electrons. The minimum Gasteiger partial charge on any atom is -0.325 e. The molecule has 6 nitrogen and oxygen atoms in total. The van der Waals surface area contributed by atoms with E-state index in [1.807, 2.05) is 48.5 Å². The maximum Gasteiger partial charge on any atom is 0.325 e. The Morgan fingerprint density at radius 3 is 2.56 bits per heavy atom. The maximum atomic E-state index is 12.5. The number of hydrogen-bond donors (Lipinski definition) is 2. The molecule has 0 saturated carbocycles. The molecule has 1 unspecified atom stereocenters. The van der Waals surface area contributed by atoms with E-state index in [0.29, 0.717) is 18.0 Å². The summed E-state index contributed by atoms with van der Waals surface area (Å²) in [5.74, 6) is -0.443. The molecule has 27 heavy (non-hydrogen) atoms. The lowest BCUT2D eigenvalue weighted by atomic mass is 10.0. The zero-order valence-electron chi connectivity index (χ0n) is 15.4. The molecule has 1 saturated heterocycles. The van der Waals surface area contributed by atoms with Gasteiger partial charge in [-0.15, -0.1) is 0 Å². The quantitative estimate of drug-likeness (QED) is 0.773. The molecular formula is C21H23N3O3. The van der Waals surface area contributed by atoms with E-state index in [1.165, 1.54) is 0 Å². The van der Waals surface area contributed by atoms with Gasteiger partial charge in [-0.05, 0) is 29.2 Å². The average molecular weight is 365 g/mol. The van der Waals surface area contributed by atoms with Crippen LogP contribution in [0.15, 0.2) is 54.6 Å². The summed E-state index contributed by atoms with van der Waals surface area (Å²) >= 11 is 0. The van der Waals surface area contributed by atoms with E-state index in [4.69, 9.17) is 0 Å². The molecule has 2 aromatic carbocycles. The van der Waals surface area contributed by atoms with Crippen LogP contribution in [-0.2, 0) is 16.0 Å². The molecule has 2 N–H and O–H groups in total. The van der Waals surface area contributed by atoms with Crippen molar-refractivity contribution in [3.8, 4) is 0 Å². The van der Waals surface area contributed by atoms with Crippen molar-refractivity contribution in [3.63, 3.8) is 0 Å². The second-order valence-electron chi connectivity index (χ2n) is 6.94. The molecule has 1 fully saturated rings. The fourth-order valence-corrected chi connectivity index (χ4v) is 3.03. The van der Waals surface area contributed by atoms with Crippen LogP contribution in [0.25, 0.3) is 0 Å². The number of benzene rings is 2. The van der Waals surface area contributed by atoms with Crippen molar-refractivity contribution in [1.82, 2.24) is 10.2 Å². The van der Waals surface area contributed by atoms with Crippen molar-refractivity contribution in [1.29, 1.82) is 0 Å². The van der Waals surface area contributed by atoms with Crippen LogP contribution in [0.3, 0.4) is 0 Å². The Morgan fingerprint density at radius 2 is 1.85 bits per heavy atom. The van der Waals surface area contributed by atoms with Crippen LogP contribution in [-0.4, -0.2) is 35.3 Å². The topological polar surface area (TPSA) is 78.5 Å². The lowest BCUT2D eigenvalue weighted by Crippen LogP contribution is -2.38. The largest absolute Gasteiger partial charge is 0.325 e. The van der Waals surface area contributed by atoms with Gasteiger partial charge in [0.05, 0.1) is 0 Å². The van der Waals surface area contributed by atoms with Crippen LogP contribution in [0, 0.1) is 0 Å². The maximum absolute atomic E-state index is 12.5. The highest BCUT2D eigenvalue weighted by molar-refractivity contribution is 6.08. The summed E-state index contributed by atoms with van der Waals surface area (Å²) < 4.78 is 0. The van der Waals surface area contributed by atoms with Gasteiger partial charge in [-0.2, -0.15) is 0 Å². The van der Waals surface area contributed by atoms with Gasteiger partial charge in [0.2, 0.25) is 5.91 Å². The molecule has 0 aromatic heterocycles. The van der Waals surface area contributed by atoms with Crippen LogP contribution < -0.4 is 10.6 Å². The summed E-state index contributed by atoms with van der Waals surface area (Å²) in [6, 6.07) is 15.8. The van der Waals surface area contributed by atoms with E-state index >= 15 is 0 Å². The van der Waals surface area contributed by atoms with Crippen LogP contribution >= 0.6 is 0 Å². The number of rotatable bonds is 6. The van der Waals surface area contributed by atoms with E-state index in [9.17, 15) is 14.4 Å². The number of carbonyl (C=O) groups excluding carboxylic acids is 3. The van der Waals surface area contributed by atoms with Crippen molar-refractivity contribution in [3.05, 3.63) is 65.7 Å². The molecule has 3 rings (SSSR count). The summed E-state index contributed by atoms with van der Waals surface area (Å²) in [4.78, 5) is 37.9. The van der Waals surface area contributed by atoms with Crippen LogP contribution in [0.5, 0.6) is 0 Å². The molecule has 0 bridgehead atoms. The molecule has 140 valence electrons. The Balaban J connectivity index is 1.61. The van der Waals surface area contributed by atoms with E-state index in [0.717, 1.165) is 16.0 Å². The van der Waals surface area contributed by atoms with Crippen molar-refractivity contribution in [2.45, 2.75) is 32.2 Å². The number of nitrogens with one attached hydrogen (secondary N) is 2. The Kier molecular flexibility index (Phi) is 5.54.